The minimum Gasteiger partial charge on any atom is -0.327 e. The van der Waals surface area contributed by atoms with Crippen molar-refractivity contribution in [3.8, 4) is 0 Å². The molecule has 1 aromatic carbocycles. The summed E-state index contributed by atoms with van der Waals surface area (Å²) in [4.78, 5) is 12.4. The van der Waals surface area contributed by atoms with E-state index in [0.29, 0.717) is 17.4 Å². The maximum atomic E-state index is 13.4. The largest absolute Gasteiger partial charge is 0.327 e. The molecule has 2 bridgehead atoms. The van der Waals surface area contributed by atoms with Crippen LogP contribution in [-0.4, -0.2) is 11.8 Å². The van der Waals surface area contributed by atoms with Crippen LogP contribution >= 0.6 is 11.6 Å². The van der Waals surface area contributed by atoms with E-state index in [1.807, 2.05) is 0 Å². The molecule has 19 heavy (non-hydrogen) atoms. The lowest BCUT2D eigenvalue weighted by Crippen LogP contribution is -2.40. The molecule has 4 unspecified atom stereocenters. The van der Waals surface area contributed by atoms with E-state index in [9.17, 15) is 9.18 Å². The average Bonchev–Trinajstić information content (AvgIpc) is 2.94. The number of carbonyl (C=O) groups excluding carboxylic acids is 1. The van der Waals surface area contributed by atoms with Crippen LogP contribution in [0.1, 0.15) is 24.8 Å². The molecule has 102 valence electrons. The molecular weight excluding hydrogens is 265 g/mol. The van der Waals surface area contributed by atoms with Crippen molar-refractivity contribution < 1.29 is 9.18 Å². The van der Waals surface area contributed by atoms with Crippen LogP contribution in [0.15, 0.2) is 18.2 Å². The Hall–Kier alpha value is -0.930. The van der Waals surface area contributed by atoms with Crippen LogP contribution in [0.5, 0.6) is 0 Å². The van der Waals surface area contributed by atoms with Crippen molar-refractivity contribution >= 4 is 17.4 Å². The molecule has 2 saturated carbocycles. The third-order valence-corrected chi connectivity index (χ3v) is 5.02. The number of Topliss-reactive ketones (excluding diaryl/α,β-unsaturated/α-hetero) is 1. The monoisotopic (exact) mass is 281 g/mol. The van der Waals surface area contributed by atoms with E-state index in [2.05, 4.69) is 0 Å². The molecule has 0 aromatic heterocycles. The number of halogens is 2. The Morgan fingerprint density at radius 1 is 1.37 bits per heavy atom. The van der Waals surface area contributed by atoms with Crippen molar-refractivity contribution in [2.24, 2.45) is 23.5 Å². The Balaban J connectivity index is 1.73. The molecule has 3 rings (SSSR count). The molecule has 0 aliphatic heterocycles. The number of benzene rings is 1. The van der Waals surface area contributed by atoms with Crippen LogP contribution in [0.25, 0.3) is 0 Å². The molecular formula is C15H17ClFNO. The van der Waals surface area contributed by atoms with E-state index in [1.54, 1.807) is 6.07 Å². The summed E-state index contributed by atoms with van der Waals surface area (Å²) >= 11 is 5.64. The van der Waals surface area contributed by atoms with Crippen molar-refractivity contribution in [3.63, 3.8) is 0 Å². The topological polar surface area (TPSA) is 43.1 Å². The van der Waals surface area contributed by atoms with Gasteiger partial charge in [-0.25, -0.2) is 4.39 Å². The lowest BCUT2D eigenvalue weighted by Gasteiger charge is -2.26. The number of carbonyl (C=O) groups is 1. The fourth-order valence-electron chi connectivity index (χ4n) is 3.78. The summed E-state index contributed by atoms with van der Waals surface area (Å²) in [7, 11) is 0. The van der Waals surface area contributed by atoms with Crippen LogP contribution in [-0.2, 0) is 11.2 Å². The summed E-state index contributed by atoms with van der Waals surface area (Å²) in [6.07, 6.45) is 3.62. The minimum atomic E-state index is -0.468. The Kier molecular flexibility index (Phi) is 3.35. The third kappa shape index (κ3) is 2.30. The predicted molar refractivity (Wildman–Crippen MR) is 72.4 cm³/mol. The summed E-state index contributed by atoms with van der Waals surface area (Å²) in [6.45, 7) is 0. The molecule has 0 amide bonds. The highest BCUT2D eigenvalue weighted by Gasteiger charge is 2.48. The smallest absolute Gasteiger partial charge is 0.142 e. The standard InChI is InChI=1S/C15H17ClFNO/c16-11-4-1-8(5-12(11)17)6-13(19)14-9-2-3-10(7-9)15(14)18/h1,4-5,9-10,14-15H,2-3,6-7,18H2. The van der Waals surface area contributed by atoms with Gasteiger partial charge in [0.25, 0.3) is 0 Å². The molecule has 0 heterocycles. The quantitative estimate of drug-likeness (QED) is 0.926. The maximum Gasteiger partial charge on any atom is 0.142 e. The molecule has 4 atom stereocenters. The van der Waals surface area contributed by atoms with E-state index in [4.69, 9.17) is 17.3 Å². The highest BCUT2D eigenvalue weighted by Crippen LogP contribution is 2.48. The first-order valence-corrected chi connectivity index (χ1v) is 7.16. The first kappa shape index (κ1) is 13.1. The van der Waals surface area contributed by atoms with Crippen LogP contribution in [0.2, 0.25) is 5.02 Å². The van der Waals surface area contributed by atoms with Crippen molar-refractivity contribution in [2.45, 2.75) is 31.7 Å². The Morgan fingerprint density at radius 2 is 2.11 bits per heavy atom. The molecule has 2 nitrogen and oxygen atoms in total. The zero-order chi connectivity index (χ0) is 13.6. The third-order valence-electron chi connectivity index (χ3n) is 4.71. The number of rotatable bonds is 3. The second kappa shape index (κ2) is 4.88. The van der Waals surface area contributed by atoms with Crippen molar-refractivity contribution in [2.75, 3.05) is 0 Å². The second-order valence-electron chi connectivity index (χ2n) is 5.83. The van der Waals surface area contributed by atoms with Crippen LogP contribution in [0.3, 0.4) is 0 Å². The zero-order valence-electron chi connectivity index (χ0n) is 10.6. The van der Waals surface area contributed by atoms with Crippen molar-refractivity contribution in [1.29, 1.82) is 0 Å². The fraction of sp³-hybridized carbons (Fsp3) is 0.533. The minimum absolute atomic E-state index is 0.00315. The van der Waals surface area contributed by atoms with Gasteiger partial charge in [0, 0.05) is 18.4 Å². The molecule has 0 saturated heterocycles. The van der Waals surface area contributed by atoms with Crippen LogP contribution in [0.4, 0.5) is 4.39 Å². The van der Waals surface area contributed by atoms with Gasteiger partial charge in [0.2, 0.25) is 0 Å². The molecule has 2 aliphatic rings. The predicted octanol–water partition coefficient (Wildman–Crippen LogP) is 2.96. The van der Waals surface area contributed by atoms with Gasteiger partial charge in [0.15, 0.2) is 0 Å². The molecule has 0 radical (unpaired) electrons. The first-order chi connectivity index (χ1) is 9.06. The van der Waals surface area contributed by atoms with Gasteiger partial charge in [-0.3, -0.25) is 4.79 Å². The Labute approximate surface area is 117 Å². The lowest BCUT2D eigenvalue weighted by molar-refractivity contribution is -0.124. The first-order valence-electron chi connectivity index (χ1n) is 6.78. The van der Waals surface area contributed by atoms with Crippen LogP contribution in [0, 0.1) is 23.6 Å². The van der Waals surface area contributed by atoms with Gasteiger partial charge in [0.05, 0.1) is 5.02 Å². The van der Waals surface area contributed by atoms with E-state index in [0.717, 1.165) is 19.3 Å². The number of nitrogens with two attached hydrogens (primary N) is 1. The number of hydrogen-bond donors (Lipinski definition) is 1. The van der Waals surface area contributed by atoms with Crippen LogP contribution < -0.4 is 5.73 Å². The summed E-state index contributed by atoms with van der Waals surface area (Å²) in [5, 5.41) is 0.0906. The molecule has 0 spiro atoms. The van der Waals surface area contributed by atoms with Crippen molar-refractivity contribution in [3.05, 3.63) is 34.6 Å². The lowest BCUT2D eigenvalue weighted by atomic mass is 9.80. The molecule has 2 aliphatic carbocycles. The normalized spacial score (nSPS) is 32.8. The summed E-state index contributed by atoms with van der Waals surface area (Å²) < 4.78 is 13.4. The molecule has 1 aromatic rings. The zero-order valence-corrected chi connectivity index (χ0v) is 11.4. The summed E-state index contributed by atoms with van der Waals surface area (Å²) in [6, 6.07) is 4.56. The molecule has 4 heteroatoms. The second-order valence-corrected chi connectivity index (χ2v) is 6.24. The highest BCUT2D eigenvalue weighted by atomic mass is 35.5. The van der Waals surface area contributed by atoms with E-state index >= 15 is 0 Å². The van der Waals surface area contributed by atoms with Gasteiger partial charge in [-0.1, -0.05) is 17.7 Å². The van der Waals surface area contributed by atoms with E-state index in [1.165, 1.54) is 12.1 Å². The average molecular weight is 282 g/mol. The number of ketones is 1. The molecule has 2 N–H and O–H groups in total. The number of hydrogen-bond acceptors (Lipinski definition) is 2. The van der Waals surface area contributed by atoms with E-state index < -0.39 is 5.82 Å². The van der Waals surface area contributed by atoms with Gasteiger partial charge in [-0.2, -0.15) is 0 Å². The maximum absolute atomic E-state index is 13.4. The fourth-order valence-corrected chi connectivity index (χ4v) is 3.90. The van der Waals surface area contributed by atoms with Gasteiger partial charge in [0.1, 0.15) is 11.6 Å². The number of fused-ring (bicyclic) bond motifs is 2. The summed E-state index contributed by atoms with van der Waals surface area (Å²) in [5.41, 5.74) is 6.84. The Bertz CT molecular complexity index is 517. The van der Waals surface area contributed by atoms with E-state index in [-0.39, 0.29) is 29.2 Å². The van der Waals surface area contributed by atoms with Gasteiger partial charge < -0.3 is 5.73 Å². The van der Waals surface area contributed by atoms with Gasteiger partial charge in [-0.15, -0.1) is 0 Å². The highest BCUT2D eigenvalue weighted by molar-refractivity contribution is 6.30. The van der Waals surface area contributed by atoms with Gasteiger partial charge in [-0.05, 0) is 48.8 Å². The SMILES string of the molecule is NC1C2CCC(C2)C1C(=O)Cc1ccc(Cl)c(F)c1. The molecule has 2 fully saturated rings. The van der Waals surface area contributed by atoms with Crippen molar-refractivity contribution in [1.82, 2.24) is 0 Å². The Morgan fingerprint density at radius 3 is 2.74 bits per heavy atom. The summed E-state index contributed by atoms with van der Waals surface area (Å²) in [5.74, 6) is 0.619. The van der Waals surface area contributed by atoms with Gasteiger partial charge >= 0.3 is 0 Å².